The number of thiazole rings is 1. The van der Waals surface area contributed by atoms with Gasteiger partial charge in [-0.3, -0.25) is 19.2 Å². The van der Waals surface area contributed by atoms with Crippen LogP contribution in [-0.2, 0) is 14.4 Å². The number of H-pyrrole nitrogens is 1. The second-order valence-corrected chi connectivity index (χ2v) is 12.0. The van der Waals surface area contributed by atoms with E-state index >= 15 is 0 Å². The maximum Gasteiger partial charge on any atom is 0.305 e. The van der Waals surface area contributed by atoms with Crippen LogP contribution in [0.1, 0.15) is 16.4 Å². The Kier molecular flexibility index (Phi) is 7.33. The first-order valence-electron chi connectivity index (χ1n) is 12.5. The number of thioether (sulfide) groups is 1. The summed E-state index contributed by atoms with van der Waals surface area (Å²) in [5, 5.41) is 3.12. The lowest BCUT2D eigenvalue weighted by Gasteiger charge is -2.30. The van der Waals surface area contributed by atoms with Crippen LogP contribution >= 0.6 is 34.7 Å². The fourth-order valence-corrected chi connectivity index (χ4v) is 7.68. The number of aromatic nitrogens is 1. The van der Waals surface area contributed by atoms with Gasteiger partial charge in [0.15, 0.2) is 6.61 Å². The normalized spacial score (nSPS) is 19.5. The first kappa shape index (κ1) is 27.1. The minimum Gasteiger partial charge on any atom is -0.497 e. The molecule has 3 aromatic carbocycles. The molecule has 0 spiro atoms. The molecular formula is C29H22ClN3O6S2. The van der Waals surface area contributed by atoms with Gasteiger partial charge in [0, 0.05) is 21.5 Å². The van der Waals surface area contributed by atoms with Gasteiger partial charge in [0.25, 0.3) is 5.91 Å². The lowest BCUT2D eigenvalue weighted by atomic mass is 9.83. The number of carbonyl (C=O) groups is 3. The maximum atomic E-state index is 13.8. The molecule has 2 aliphatic rings. The van der Waals surface area contributed by atoms with Crippen molar-refractivity contribution in [2.24, 2.45) is 5.92 Å². The van der Waals surface area contributed by atoms with Crippen LogP contribution in [0.2, 0.25) is 5.02 Å². The van der Waals surface area contributed by atoms with Gasteiger partial charge in [-0.05, 0) is 66.2 Å². The van der Waals surface area contributed by atoms with E-state index in [0.717, 1.165) is 11.3 Å². The summed E-state index contributed by atoms with van der Waals surface area (Å²) in [7, 11) is 1.56. The molecule has 2 unspecified atom stereocenters. The highest BCUT2D eigenvalue weighted by Crippen LogP contribution is 2.53. The van der Waals surface area contributed by atoms with Crippen LogP contribution in [-0.4, -0.2) is 41.7 Å². The van der Waals surface area contributed by atoms with Crippen LogP contribution < -0.4 is 24.6 Å². The van der Waals surface area contributed by atoms with Crippen molar-refractivity contribution in [1.82, 2.24) is 4.98 Å². The highest BCUT2D eigenvalue weighted by molar-refractivity contribution is 8.00. The van der Waals surface area contributed by atoms with Gasteiger partial charge in [-0.15, -0.1) is 0 Å². The number of ether oxygens (including phenoxy) is 2. The van der Waals surface area contributed by atoms with E-state index in [-0.39, 0.29) is 29.2 Å². The zero-order valence-corrected chi connectivity index (χ0v) is 23.8. The summed E-state index contributed by atoms with van der Waals surface area (Å²) in [6, 6.07) is 20.5. The molecule has 2 aliphatic heterocycles. The van der Waals surface area contributed by atoms with Crippen molar-refractivity contribution in [3.05, 3.63) is 97.9 Å². The molecule has 41 heavy (non-hydrogen) atoms. The van der Waals surface area contributed by atoms with Gasteiger partial charge in [-0.1, -0.05) is 46.8 Å². The van der Waals surface area contributed by atoms with Gasteiger partial charge in [0.2, 0.25) is 11.8 Å². The summed E-state index contributed by atoms with van der Waals surface area (Å²) >= 11 is 8.26. The van der Waals surface area contributed by atoms with Crippen LogP contribution in [0.25, 0.3) is 0 Å². The van der Waals surface area contributed by atoms with Crippen LogP contribution in [0, 0.1) is 5.92 Å². The van der Waals surface area contributed by atoms with Crippen LogP contribution in [0.3, 0.4) is 0 Å². The Bertz CT molecular complexity index is 1700. The fourth-order valence-electron chi connectivity index (χ4n) is 5.04. The molecule has 3 atom stereocenters. The minimum atomic E-state index is -0.740. The average molecular weight is 608 g/mol. The number of methoxy groups -OCH3 is 1. The summed E-state index contributed by atoms with van der Waals surface area (Å²) in [6.45, 7) is -0.243. The van der Waals surface area contributed by atoms with Gasteiger partial charge in [-0.25, -0.2) is 4.90 Å². The number of rotatable bonds is 7. The largest absolute Gasteiger partial charge is 0.497 e. The number of amides is 3. The van der Waals surface area contributed by atoms with Crippen LogP contribution in [0.4, 0.5) is 11.4 Å². The second-order valence-electron chi connectivity index (χ2n) is 9.38. The van der Waals surface area contributed by atoms with E-state index in [1.165, 1.54) is 16.7 Å². The SMILES string of the molecule is COc1ccc(NC(=O)COc2cccc([C@H]3c4sc(=O)[nH]c4SC4C(=O)N(c5ccc(Cl)cc5)C(=O)C43)c2)cc1. The lowest BCUT2D eigenvalue weighted by Crippen LogP contribution is -2.32. The molecule has 3 heterocycles. The number of hydrogen-bond donors (Lipinski definition) is 2. The summed E-state index contributed by atoms with van der Waals surface area (Å²) in [5.41, 5.74) is 1.74. The number of anilines is 2. The Balaban J connectivity index is 1.26. The lowest BCUT2D eigenvalue weighted by molar-refractivity contribution is -0.122. The Labute approximate surface area is 247 Å². The van der Waals surface area contributed by atoms with Crippen molar-refractivity contribution < 1.29 is 23.9 Å². The molecule has 208 valence electrons. The molecule has 2 N–H and O–H groups in total. The molecule has 9 nitrogen and oxygen atoms in total. The van der Waals surface area contributed by atoms with E-state index in [9.17, 15) is 19.2 Å². The van der Waals surface area contributed by atoms with Crippen LogP contribution in [0.15, 0.2) is 82.6 Å². The first-order valence-corrected chi connectivity index (χ1v) is 14.6. The number of imide groups is 1. The summed E-state index contributed by atoms with van der Waals surface area (Å²) in [6.07, 6.45) is 0. The number of fused-ring (bicyclic) bond motifs is 2. The molecule has 1 aromatic heterocycles. The van der Waals surface area contributed by atoms with Crippen molar-refractivity contribution in [1.29, 1.82) is 0 Å². The molecule has 12 heteroatoms. The molecule has 1 fully saturated rings. The van der Waals surface area contributed by atoms with Crippen molar-refractivity contribution in [2.45, 2.75) is 16.2 Å². The molecule has 0 radical (unpaired) electrons. The molecule has 1 saturated heterocycles. The van der Waals surface area contributed by atoms with E-state index in [1.54, 1.807) is 73.8 Å². The molecule has 0 saturated carbocycles. The molecular weight excluding hydrogens is 586 g/mol. The monoisotopic (exact) mass is 607 g/mol. The molecule has 4 aromatic rings. The maximum absolute atomic E-state index is 13.8. The number of aromatic amines is 1. The number of nitrogens with one attached hydrogen (secondary N) is 2. The van der Waals surface area contributed by atoms with E-state index < -0.39 is 17.1 Å². The number of halogens is 1. The Morgan fingerprint density at radius 1 is 1.00 bits per heavy atom. The number of carbonyl (C=O) groups excluding carboxylic acids is 3. The van der Waals surface area contributed by atoms with Gasteiger partial charge in [-0.2, -0.15) is 0 Å². The van der Waals surface area contributed by atoms with Crippen molar-refractivity contribution in [2.75, 3.05) is 23.9 Å². The van der Waals surface area contributed by atoms with E-state index in [4.69, 9.17) is 21.1 Å². The molecule has 3 amide bonds. The van der Waals surface area contributed by atoms with E-state index in [0.29, 0.717) is 43.4 Å². The van der Waals surface area contributed by atoms with Gasteiger partial charge in [0.1, 0.15) is 16.7 Å². The van der Waals surface area contributed by atoms with E-state index in [1.807, 2.05) is 6.07 Å². The zero-order chi connectivity index (χ0) is 28.7. The smallest absolute Gasteiger partial charge is 0.305 e. The predicted molar refractivity (Wildman–Crippen MR) is 157 cm³/mol. The van der Waals surface area contributed by atoms with Gasteiger partial charge in [0.05, 0.1) is 23.7 Å². The van der Waals surface area contributed by atoms with Gasteiger partial charge < -0.3 is 19.8 Å². The minimum absolute atomic E-state index is 0.243. The molecule has 0 bridgehead atoms. The van der Waals surface area contributed by atoms with Gasteiger partial charge >= 0.3 is 4.87 Å². The third-order valence-electron chi connectivity index (χ3n) is 6.87. The van der Waals surface area contributed by atoms with Crippen LogP contribution in [0.5, 0.6) is 11.5 Å². The molecule has 0 aliphatic carbocycles. The predicted octanol–water partition coefficient (Wildman–Crippen LogP) is 4.91. The standard InChI is InChI=1S/C29H22ClN3O6S2/c1-38-19-11-7-17(8-12-19)31-21(34)14-39-20-4-2-3-15(13-20)22-23-25(40-26-24(22)41-29(37)32-26)28(36)33(27(23)35)18-9-5-16(30)6-10-18/h2-13,22-23,25H,14H2,1H3,(H,31,34)(H,32,37)/t22-,23?,25?/m1/s1. The Hall–Kier alpha value is -4.06. The number of nitrogens with zero attached hydrogens (tertiary/aromatic N) is 1. The third kappa shape index (κ3) is 5.23. The number of hydrogen-bond acceptors (Lipinski definition) is 8. The number of benzene rings is 3. The highest BCUT2D eigenvalue weighted by Gasteiger charge is 2.56. The highest BCUT2D eigenvalue weighted by atomic mass is 35.5. The summed E-state index contributed by atoms with van der Waals surface area (Å²) < 4.78 is 10.9. The van der Waals surface area contributed by atoms with Crippen molar-refractivity contribution in [3.63, 3.8) is 0 Å². The summed E-state index contributed by atoms with van der Waals surface area (Å²) in [4.78, 5) is 56.7. The molecule has 6 rings (SSSR count). The summed E-state index contributed by atoms with van der Waals surface area (Å²) in [5.74, 6) is -1.27. The fraction of sp³-hybridized carbons (Fsp3) is 0.172. The zero-order valence-electron chi connectivity index (χ0n) is 21.5. The first-order chi connectivity index (χ1) is 19.8. The van der Waals surface area contributed by atoms with Crippen molar-refractivity contribution in [3.8, 4) is 11.5 Å². The second kappa shape index (κ2) is 11.1. The average Bonchev–Trinajstić information content (AvgIpc) is 3.47. The quantitative estimate of drug-likeness (QED) is 0.287. The topological polar surface area (TPSA) is 118 Å². The van der Waals surface area contributed by atoms with Crippen molar-refractivity contribution >= 4 is 63.8 Å². The Morgan fingerprint density at radius 2 is 1.76 bits per heavy atom. The Morgan fingerprint density at radius 3 is 2.49 bits per heavy atom. The third-order valence-corrected chi connectivity index (χ3v) is 9.52. The van der Waals surface area contributed by atoms with E-state index in [2.05, 4.69) is 10.3 Å².